The van der Waals surface area contributed by atoms with Crippen LogP contribution in [-0.4, -0.2) is 21.9 Å². The molecule has 0 aliphatic heterocycles. The quantitative estimate of drug-likeness (QED) is 0.898. The van der Waals surface area contributed by atoms with E-state index in [1.54, 1.807) is 6.20 Å². The van der Waals surface area contributed by atoms with Crippen LogP contribution >= 0.6 is 0 Å². The van der Waals surface area contributed by atoms with Gasteiger partial charge in [0.25, 0.3) is 0 Å². The molecule has 1 aromatic carbocycles. The molecule has 0 bridgehead atoms. The highest BCUT2D eigenvalue weighted by Gasteiger charge is 2.43. The molecule has 7 heteroatoms. The van der Waals surface area contributed by atoms with Gasteiger partial charge in [-0.3, -0.25) is 4.68 Å². The molecule has 2 aromatic rings. The molecule has 0 saturated heterocycles. The number of carbonyl (C=O) groups is 1. The number of aromatic nitrogens is 2. The normalized spacial score (nSPS) is 24.5. The summed E-state index contributed by atoms with van der Waals surface area (Å²) in [6, 6.07) is 3.24. The highest BCUT2D eigenvalue weighted by Crippen LogP contribution is 2.43. The molecule has 0 spiro atoms. The van der Waals surface area contributed by atoms with E-state index in [2.05, 4.69) is 15.7 Å². The van der Waals surface area contributed by atoms with Gasteiger partial charge in [0, 0.05) is 35.8 Å². The summed E-state index contributed by atoms with van der Waals surface area (Å²) < 4.78 is 29.5. The Labute approximate surface area is 144 Å². The number of nitrogens with one attached hydrogen (secondary N) is 2. The molecule has 2 N–H and O–H groups in total. The Morgan fingerprint density at radius 3 is 2.80 bits per heavy atom. The number of rotatable bonds is 3. The number of urea groups is 1. The SMILES string of the molecule is Cn1ncc2c1CCC[C@@H]2NC(=O)N[C@@H]1C[C@@H]1c1c(F)cccc1F. The maximum absolute atomic E-state index is 13.8. The highest BCUT2D eigenvalue weighted by molar-refractivity contribution is 5.75. The van der Waals surface area contributed by atoms with Gasteiger partial charge in [-0.2, -0.15) is 5.10 Å². The zero-order valence-electron chi connectivity index (χ0n) is 13.9. The van der Waals surface area contributed by atoms with E-state index in [4.69, 9.17) is 0 Å². The van der Waals surface area contributed by atoms with Gasteiger partial charge in [-0.05, 0) is 37.8 Å². The number of benzene rings is 1. The van der Waals surface area contributed by atoms with Crippen LogP contribution in [0.1, 0.15) is 48.0 Å². The van der Waals surface area contributed by atoms with Crippen LogP contribution in [0.25, 0.3) is 0 Å². The van der Waals surface area contributed by atoms with Crippen LogP contribution in [0.5, 0.6) is 0 Å². The number of hydrogen-bond acceptors (Lipinski definition) is 2. The predicted octanol–water partition coefficient (Wildman–Crippen LogP) is 2.93. The summed E-state index contributed by atoms with van der Waals surface area (Å²) in [5.41, 5.74) is 2.27. The van der Waals surface area contributed by atoms with Crippen molar-refractivity contribution >= 4 is 6.03 Å². The average molecular weight is 346 g/mol. The molecular weight excluding hydrogens is 326 g/mol. The number of fused-ring (bicyclic) bond motifs is 1. The van der Waals surface area contributed by atoms with Gasteiger partial charge in [-0.15, -0.1) is 0 Å². The number of aryl methyl sites for hydroxylation is 1. The second kappa shape index (κ2) is 6.13. The molecule has 0 radical (unpaired) electrons. The summed E-state index contributed by atoms with van der Waals surface area (Å²) in [6.07, 6.45) is 5.16. The first-order valence-electron chi connectivity index (χ1n) is 8.56. The van der Waals surface area contributed by atoms with Crippen LogP contribution in [0, 0.1) is 11.6 Å². The monoisotopic (exact) mass is 346 g/mol. The van der Waals surface area contributed by atoms with Gasteiger partial charge < -0.3 is 10.6 Å². The van der Waals surface area contributed by atoms with Crippen molar-refractivity contribution in [2.45, 2.75) is 43.7 Å². The Morgan fingerprint density at radius 1 is 1.28 bits per heavy atom. The van der Waals surface area contributed by atoms with Crippen molar-refractivity contribution in [2.24, 2.45) is 7.05 Å². The van der Waals surface area contributed by atoms with Gasteiger partial charge in [-0.1, -0.05) is 6.07 Å². The van der Waals surface area contributed by atoms with Crippen LogP contribution in [-0.2, 0) is 13.5 Å². The summed E-state index contributed by atoms with van der Waals surface area (Å²) in [6.45, 7) is 0. The Hall–Kier alpha value is -2.44. The van der Waals surface area contributed by atoms with E-state index in [1.807, 2.05) is 11.7 Å². The molecule has 1 fully saturated rings. The van der Waals surface area contributed by atoms with Gasteiger partial charge >= 0.3 is 6.03 Å². The lowest BCUT2D eigenvalue weighted by Gasteiger charge is -2.24. The van der Waals surface area contributed by atoms with Gasteiger partial charge in [0.1, 0.15) is 11.6 Å². The van der Waals surface area contributed by atoms with Crippen LogP contribution in [0.2, 0.25) is 0 Å². The first-order valence-corrected chi connectivity index (χ1v) is 8.56. The Balaban J connectivity index is 1.38. The lowest BCUT2D eigenvalue weighted by atomic mass is 9.93. The summed E-state index contributed by atoms with van der Waals surface area (Å²) in [5, 5.41) is 10.1. The van der Waals surface area contributed by atoms with Crippen molar-refractivity contribution in [1.82, 2.24) is 20.4 Å². The molecule has 0 unspecified atom stereocenters. The number of amides is 2. The van der Waals surface area contributed by atoms with Crippen molar-refractivity contribution in [3.63, 3.8) is 0 Å². The van der Waals surface area contributed by atoms with Crippen LogP contribution in [0.4, 0.5) is 13.6 Å². The average Bonchev–Trinajstić information content (AvgIpc) is 3.19. The molecule has 3 atom stereocenters. The number of halogens is 2. The third-order valence-electron chi connectivity index (χ3n) is 5.16. The molecule has 1 aromatic heterocycles. The fraction of sp³-hybridized carbons (Fsp3) is 0.444. The van der Waals surface area contributed by atoms with E-state index in [0.717, 1.165) is 30.5 Å². The lowest BCUT2D eigenvalue weighted by molar-refractivity contribution is 0.235. The summed E-state index contributed by atoms with van der Waals surface area (Å²) in [5.74, 6) is -1.41. The summed E-state index contributed by atoms with van der Waals surface area (Å²) >= 11 is 0. The molecular formula is C18H20F2N4O. The lowest BCUT2D eigenvalue weighted by Crippen LogP contribution is -2.40. The third kappa shape index (κ3) is 2.99. The molecule has 1 heterocycles. The van der Waals surface area contributed by atoms with Crippen molar-refractivity contribution in [3.05, 3.63) is 52.9 Å². The number of nitrogens with zero attached hydrogens (tertiary/aromatic N) is 2. The molecule has 2 aliphatic rings. The van der Waals surface area contributed by atoms with Gasteiger partial charge in [-0.25, -0.2) is 13.6 Å². The van der Waals surface area contributed by atoms with E-state index in [9.17, 15) is 13.6 Å². The first kappa shape index (κ1) is 16.1. The van der Waals surface area contributed by atoms with Crippen molar-refractivity contribution < 1.29 is 13.6 Å². The molecule has 1 saturated carbocycles. The fourth-order valence-corrected chi connectivity index (χ4v) is 3.76. The molecule has 4 rings (SSSR count). The van der Waals surface area contributed by atoms with Crippen LogP contribution in [0.15, 0.2) is 24.4 Å². The maximum atomic E-state index is 13.8. The fourth-order valence-electron chi connectivity index (χ4n) is 3.76. The molecule has 25 heavy (non-hydrogen) atoms. The van der Waals surface area contributed by atoms with E-state index in [0.29, 0.717) is 6.42 Å². The maximum Gasteiger partial charge on any atom is 0.315 e. The minimum Gasteiger partial charge on any atom is -0.335 e. The van der Waals surface area contributed by atoms with Crippen LogP contribution < -0.4 is 10.6 Å². The molecule has 132 valence electrons. The van der Waals surface area contributed by atoms with Gasteiger partial charge in [0.15, 0.2) is 0 Å². The molecule has 5 nitrogen and oxygen atoms in total. The minimum atomic E-state index is -0.554. The Bertz CT molecular complexity index is 799. The first-order chi connectivity index (χ1) is 12.0. The number of hydrogen-bond donors (Lipinski definition) is 2. The summed E-state index contributed by atoms with van der Waals surface area (Å²) in [7, 11) is 1.90. The second-order valence-electron chi connectivity index (χ2n) is 6.82. The molecule has 2 amide bonds. The highest BCUT2D eigenvalue weighted by atomic mass is 19.1. The number of carbonyl (C=O) groups excluding carboxylic acids is 1. The van der Waals surface area contributed by atoms with Crippen LogP contribution in [0.3, 0.4) is 0 Å². The zero-order chi connectivity index (χ0) is 17.6. The van der Waals surface area contributed by atoms with E-state index in [-0.39, 0.29) is 29.6 Å². The zero-order valence-corrected chi connectivity index (χ0v) is 13.9. The van der Waals surface area contributed by atoms with Gasteiger partial charge in [0.2, 0.25) is 0 Å². The van der Waals surface area contributed by atoms with Crippen molar-refractivity contribution in [1.29, 1.82) is 0 Å². The van der Waals surface area contributed by atoms with Crippen molar-refractivity contribution in [2.75, 3.05) is 0 Å². The van der Waals surface area contributed by atoms with E-state index in [1.165, 1.54) is 18.2 Å². The Kier molecular flexibility index (Phi) is 3.94. The Morgan fingerprint density at radius 2 is 2.04 bits per heavy atom. The molecule has 2 aliphatic carbocycles. The van der Waals surface area contributed by atoms with Gasteiger partial charge in [0.05, 0.1) is 12.2 Å². The van der Waals surface area contributed by atoms with Crippen molar-refractivity contribution in [3.8, 4) is 0 Å². The standard InChI is InChI=1S/C18H20F2N4O/c1-24-16-7-3-6-14(11(16)9-21-24)22-18(25)23-15-8-10(15)17-12(19)4-2-5-13(17)20/h2,4-5,9-10,14-15H,3,6-8H2,1H3,(H2,22,23,25)/t10-,14-,15+/m0/s1. The second-order valence-corrected chi connectivity index (χ2v) is 6.82. The van der Waals surface area contributed by atoms with E-state index >= 15 is 0 Å². The smallest absolute Gasteiger partial charge is 0.315 e. The summed E-state index contributed by atoms with van der Waals surface area (Å²) in [4.78, 5) is 12.3. The third-order valence-corrected chi connectivity index (χ3v) is 5.16. The predicted molar refractivity (Wildman–Crippen MR) is 88.1 cm³/mol. The minimum absolute atomic E-state index is 0.0695. The largest absolute Gasteiger partial charge is 0.335 e. The van der Waals surface area contributed by atoms with E-state index < -0.39 is 11.6 Å². The topological polar surface area (TPSA) is 59.0 Å².